The highest BCUT2D eigenvalue weighted by Gasteiger charge is 2.17. The lowest BCUT2D eigenvalue weighted by molar-refractivity contribution is 0.141. The van der Waals surface area contributed by atoms with Crippen LogP contribution < -0.4 is 10.5 Å². The molecule has 1 saturated heterocycles. The summed E-state index contributed by atoms with van der Waals surface area (Å²) in [6.07, 6.45) is 4.45. The minimum absolute atomic E-state index is 0.138. The Morgan fingerprint density at radius 3 is 3.25 bits per heavy atom. The second-order valence-corrected chi connectivity index (χ2v) is 3.52. The Kier molecular flexibility index (Phi) is 3.76. The maximum absolute atomic E-state index is 5.71. The molecule has 1 atom stereocenters. The summed E-state index contributed by atoms with van der Waals surface area (Å²) >= 11 is 0. The molecule has 1 aromatic heterocycles. The van der Waals surface area contributed by atoms with Crippen LogP contribution in [0.15, 0.2) is 18.5 Å². The van der Waals surface area contributed by atoms with Crippen LogP contribution in [0, 0.1) is 11.8 Å². The van der Waals surface area contributed by atoms with Crippen LogP contribution in [0.2, 0.25) is 0 Å². The Bertz CT molecular complexity index is 403. The molecule has 0 amide bonds. The zero-order valence-electron chi connectivity index (χ0n) is 8.98. The molecule has 16 heavy (non-hydrogen) atoms. The van der Waals surface area contributed by atoms with E-state index in [1.807, 2.05) is 6.07 Å². The van der Waals surface area contributed by atoms with Crippen LogP contribution in [0.4, 0.5) is 0 Å². The lowest BCUT2D eigenvalue weighted by atomic mass is 10.2. The molecule has 0 radical (unpaired) electrons. The first-order chi connectivity index (χ1) is 7.88. The minimum Gasteiger partial charge on any atom is -0.486 e. The van der Waals surface area contributed by atoms with Crippen LogP contribution in [-0.2, 0) is 4.74 Å². The second-order valence-electron chi connectivity index (χ2n) is 3.52. The molecule has 1 aliphatic rings. The van der Waals surface area contributed by atoms with Crippen molar-refractivity contribution in [1.29, 1.82) is 0 Å². The fraction of sp³-hybridized carbons (Fsp3) is 0.417. The second kappa shape index (κ2) is 5.50. The molecule has 1 aromatic rings. The molecule has 4 nitrogen and oxygen atoms in total. The molecular weight excluding hydrogens is 204 g/mol. The van der Waals surface area contributed by atoms with Gasteiger partial charge >= 0.3 is 0 Å². The zero-order valence-corrected chi connectivity index (χ0v) is 8.98. The quantitative estimate of drug-likeness (QED) is 0.737. The number of hydrogen-bond acceptors (Lipinski definition) is 4. The molecule has 0 spiro atoms. The fourth-order valence-corrected chi connectivity index (χ4v) is 1.50. The van der Waals surface area contributed by atoms with Gasteiger partial charge in [0.25, 0.3) is 0 Å². The number of nitrogens with zero attached hydrogens (tertiary/aromatic N) is 1. The van der Waals surface area contributed by atoms with E-state index in [-0.39, 0.29) is 6.10 Å². The van der Waals surface area contributed by atoms with Crippen molar-refractivity contribution in [2.24, 2.45) is 5.73 Å². The van der Waals surface area contributed by atoms with E-state index in [1.54, 1.807) is 12.4 Å². The van der Waals surface area contributed by atoms with Gasteiger partial charge in [0, 0.05) is 18.2 Å². The highest BCUT2D eigenvalue weighted by molar-refractivity contribution is 5.36. The van der Waals surface area contributed by atoms with Crippen molar-refractivity contribution in [3.8, 4) is 17.6 Å². The highest BCUT2D eigenvalue weighted by atomic mass is 16.5. The number of nitrogens with two attached hydrogens (primary N) is 1. The fourth-order valence-electron chi connectivity index (χ4n) is 1.50. The van der Waals surface area contributed by atoms with E-state index in [2.05, 4.69) is 16.8 Å². The van der Waals surface area contributed by atoms with E-state index in [0.29, 0.717) is 13.2 Å². The monoisotopic (exact) mass is 218 g/mol. The van der Waals surface area contributed by atoms with Crippen molar-refractivity contribution >= 4 is 0 Å². The molecule has 1 unspecified atom stereocenters. The molecule has 0 aliphatic carbocycles. The Balaban J connectivity index is 2.03. The van der Waals surface area contributed by atoms with Crippen molar-refractivity contribution in [3.05, 3.63) is 24.0 Å². The van der Waals surface area contributed by atoms with Gasteiger partial charge in [0.2, 0.25) is 0 Å². The van der Waals surface area contributed by atoms with Gasteiger partial charge in [-0.05, 0) is 6.07 Å². The van der Waals surface area contributed by atoms with Gasteiger partial charge in [-0.25, -0.2) is 0 Å². The Morgan fingerprint density at radius 1 is 1.56 bits per heavy atom. The first-order valence-corrected chi connectivity index (χ1v) is 5.27. The van der Waals surface area contributed by atoms with Gasteiger partial charge in [-0.3, -0.25) is 4.98 Å². The summed E-state index contributed by atoms with van der Waals surface area (Å²) < 4.78 is 10.9. The van der Waals surface area contributed by atoms with Crippen LogP contribution in [0.25, 0.3) is 0 Å². The van der Waals surface area contributed by atoms with E-state index < -0.39 is 0 Å². The average molecular weight is 218 g/mol. The molecule has 1 fully saturated rings. The summed E-state index contributed by atoms with van der Waals surface area (Å²) in [4.78, 5) is 4.07. The summed E-state index contributed by atoms with van der Waals surface area (Å²) in [7, 11) is 0. The van der Waals surface area contributed by atoms with E-state index in [0.717, 1.165) is 24.3 Å². The van der Waals surface area contributed by atoms with Crippen molar-refractivity contribution in [3.63, 3.8) is 0 Å². The number of ether oxygens (including phenoxy) is 2. The number of aromatic nitrogens is 1. The van der Waals surface area contributed by atoms with Gasteiger partial charge in [-0.2, -0.15) is 0 Å². The molecule has 1 aliphatic heterocycles. The summed E-state index contributed by atoms with van der Waals surface area (Å²) in [6, 6.07) is 1.87. The lowest BCUT2D eigenvalue weighted by Crippen LogP contribution is -2.15. The zero-order chi connectivity index (χ0) is 11.2. The van der Waals surface area contributed by atoms with Gasteiger partial charge in [-0.1, -0.05) is 11.8 Å². The van der Waals surface area contributed by atoms with Crippen LogP contribution >= 0.6 is 0 Å². The van der Waals surface area contributed by atoms with Crippen molar-refractivity contribution in [2.75, 3.05) is 19.8 Å². The first-order valence-electron chi connectivity index (χ1n) is 5.27. The summed E-state index contributed by atoms with van der Waals surface area (Å²) in [6.45, 7) is 1.77. The number of rotatable bonds is 2. The van der Waals surface area contributed by atoms with Gasteiger partial charge < -0.3 is 15.2 Å². The standard InChI is InChI=1S/C12H14N2O2/c13-4-1-2-10-6-12(8-14-7-10)16-11-3-5-15-9-11/h6-8,11H,3-5,9,13H2. The Hall–Kier alpha value is -1.57. The number of pyridine rings is 1. The molecule has 0 bridgehead atoms. The van der Waals surface area contributed by atoms with Gasteiger partial charge in [0.15, 0.2) is 0 Å². The third-order valence-electron chi connectivity index (χ3n) is 2.24. The third kappa shape index (κ3) is 2.96. The molecular formula is C12H14N2O2. The molecule has 2 N–H and O–H groups in total. The molecule has 4 heteroatoms. The van der Waals surface area contributed by atoms with Crippen molar-refractivity contribution in [2.45, 2.75) is 12.5 Å². The van der Waals surface area contributed by atoms with Crippen molar-refractivity contribution in [1.82, 2.24) is 4.98 Å². The average Bonchev–Trinajstić information content (AvgIpc) is 2.80. The smallest absolute Gasteiger partial charge is 0.139 e. The van der Waals surface area contributed by atoms with Crippen LogP contribution in [-0.4, -0.2) is 30.8 Å². The summed E-state index contributed by atoms with van der Waals surface area (Å²) in [5, 5.41) is 0. The van der Waals surface area contributed by atoms with Crippen LogP contribution in [0.5, 0.6) is 5.75 Å². The lowest BCUT2D eigenvalue weighted by Gasteiger charge is -2.10. The molecule has 2 heterocycles. The van der Waals surface area contributed by atoms with E-state index in [9.17, 15) is 0 Å². The third-order valence-corrected chi connectivity index (χ3v) is 2.24. The molecule has 0 aromatic carbocycles. The van der Waals surface area contributed by atoms with Crippen LogP contribution in [0.3, 0.4) is 0 Å². The van der Waals surface area contributed by atoms with E-state index in [4.69, 9.17) is 15.2 Å². The van der Waals surface area contributed by atoms with Gasteiger partial charge in [0.1, 0.15) is 11.9 Å². The first kappa shape index (κ1) is 10.9. The maximum atomic E-state index is 5.71. The summed E-state index contributed by atoms with van der Waals surface area (Å²) in [5.74, 6) is 6.44. The van der Waals surface area contributed by atoms with E-state index in [1.165, 1.54) is 0 Å². The Labute approximate surface area is 94.8 Å². The normalized spacial score (nSPS) is 18.9. The van der Waals surface area contributed by atoms with Crippen molar-refractivity contribution < 1.29 is 9.47 Å². The molecule has 0 saturated carbocycles. The summed E-state index contributed by atoms with van der Waals surface area (Å²) in [5.41, 5.74) is 6.13. The number of hydrogen-bond donors (Lipinski definition) is 1. The molecule has 2 rings (SSSR count). The SMILES string of the molecule is NCC#Cc1cncc(OC2CCOC2)c1. The Morgan fingerprint density at radius 2 is 2.50 bits per heavy atom. The predicted octanol–water partition coefficient (Wildman–Crippen LogP) is 0.559. The van der Waals surface area contributed by atoms with Crippen LogP contribution in [0.1, 0.15) is 12.0 Å². The molecule has 84 valence electrons. The predicted molar refractivity (Wildman–Crippen MR) is 60.0 cm³/mol. The topological polar surface area (TPSA) is 57.4 Å². The van der Waals surface area contributed by atoms with E-state index >= 15 is 0 Å². The maximum Gasteiger partial charge on any atom is 0.139 e. The highest BCUT2D eigenvalue weighted by Crippen LogP contribution is 2.16. The van der Waals surface area contributed by atoms with Gasteiger partial charge in [-0.15, -0.1) is 0 Å². The largest absolute Gasteiger partial charge is 0.486 e. The van der Waals surface area contributed by atoms with Gasteiger partial charge in [0.05, 0.1) is 26.0 Å². The minimum atomic E-state index is 0.138.